The van der Waals surface area contributed by atoms with Gasteiger partial charge in [-0.2, -0.15) is 0 Å². The van der Waals surface area contributed by atoms with Crippen molar-refractivity contribution in [3.8, 4) is 0 Å². The van der Waals surface area contributed by atoms with Gasteiger partial charge in [-0.1, -0.05) is 57.7 Å². The second-order valence-corrected chi connectivity index (χ2v) is 6.91. The lowest BCUT2D eigenvalue weighted by Crippen LogP contribution is -2.45. The molecule has 3 N–H and O–H groups in total. The van der Waals surface area contributed by atoms with Crippen LogP contribution in [0.4, 0.5) is 0 Å². The van der Waals surface area contributed by atoms with Crippen molar-refractivity contribution >= 4 is 29.2 Å². The molecule has 0 bridgehead atoms. The van der Waals surface area contributed by atoms with Crippen LogP contribution < -0.4 is 5.73 Å². The molecule has 0 saturated carbocycles. The maximum absolute atomic E-state index is 12.9. The van der Waals surface area contributed by atoms with Gasteiger partial charge in [-0.05, 0) is 30.9 Å². The lowest BCUT2D eigenvalue weighted by Gasteiger charge is -2.26. The number of nitrogens with zero attached hydrogens (tertiary/aromatic N) is 1. The zero-order chi connectivity index (χ0) is 18.1. The van der Waals surface area contributed by atoms with E-state index in [9.17, 15) is 4.79 Å². The third-order valence-electron chi connectivity index (χ3n) is 4.81. The number of fused-ring (bicyclic) bond motifs is 1. The lowest BCUT2D eigenvalue weighted by molar-refractivity contribution is -0.132. The molecule has 1 heterocycles. The summed E-state index contributed by atoms with van der Waals surface area (Å²) in [7, 11) is 0. The predicted octanol–water partition coefficient (Wildman–Crippen LogP) is 4.67. The number of rotatable bonds is 11. The van der Waals surface area contributed by atoms with Crippen molar-refractivity contribution < 1.29 is 4.79 Å². The zero-order valence-electron chi connectivity index (χ0n) is 16.2. The van der Waals surface area contributed by atoms with Crippen LogP contribution in [0.5, 0.6) is 0 Å². The average molecular weight is 380 g/mol. The molecular weight excluding hydrogens is 346 g/mol. The van der Waals surface area contributed by atoms with Crippen molar-refractivity contribution in [2.45, 2.75) is 64.8 Å². The summed E-state index contributed by atoms with van der Waals surface area (Å²) in [5.41, 5.74) is 8.52. The lowest BCUT2D eigenvalue weighted by atomic mass is 10.0. The van der Waals surface area contributed by atoms with E-state index in [1.165, 1.54) is 12.8 Å². The molecule has 2 aromatic rings. The number of carbonyl (C=O) groups excluding carboxylic acids is 1. The summed E-state index contributed by atoms with van der Waals surface area (Å²) in [6.07, 6.45) is 9.35. The van der Waals surface area contributed by atoms with E-state index in [1.807, 2.05) is 29.3 Å². The molecule has 0 fully saturated rings. The van der Waals surface area contributed by atoms with Gasteiger partial charge in [-0.3, -0.25) is 4.79 Å². The van der Waals surface area contributed by atoms with E-state index in [0.717, 1.165) is 55.2 Å². The molecule has 1 atom stereocenters. The topological polar surface area (TPSA) is 62.1 Å². The summed E-state index contributed by atoms with van der Waals surface area (Å²) in [4.78, 5) is 18.1. The molecule has 0 unspecified atom stereocenters. The van der Waals surface area contributed by atoms with E-state index in [4.69, 9.17) is 5.73 Å². The highest BCUT2D eigenvalue weighted by molar-refractivity contribution is 5.86. The van der Waals surface area contributed by atoms with E-state index in [1.54, 1.807) is 0 Å². The molecule has 0 aliphatic carbocycles. The molecule has 4 nitrogen and oxygen atoms in total. The van der Waals surface area contributed by atoms with Crippen LogP contribution in [0.15, 0.2) is 30.5 Å². The fraction of sp³-hybridized carbons (Fsp3) is 0.571. The Morgan fingerprint density at radius 1 is 1.08 bits per heavy atom. The standard InChI is InChI=1S/C21H33N3O.ClH/c1-3-5-9-13-24(14-10-6-4-2)21(25)19(22)15-17-16-23-20-12-8-7-11-18(17)20;/h7-8,11-12,16,19,23H,3-6,9-10,13-15,22H2,1-2H3;1H/t19-;/m0./s1. The van der Waals surface area contributed by atoms with E-state index >= 15 is 0 Å². The Labute approximate surface area is 163 Å². The number of hydrogen-bond donors (Lipinski definition) is 2. The van der Waals surface area contributed by atoms with E-state index < -0.39 is 6.04 Å². The summed E-state index contributed by atoms with van der Waals surface area (Å²) < 4.78 is 0. The maximum Gasteiger partial charge on any atom is 0.239 e. The van der Waals surface area contributed by atoms with Gasteiger partial charge < -0.3 is 15.6 Å². The van der Waals surface area contributed by atoms with Gasteiger partial charge in [-0.15, -0.1) is 12.4 Å². The molecule has 1 aromatic heterocycles. The number of H-pyrrole nitrogens is 1. The smallest absolute Gasteiger partial charge is 0.239 e. The summed E-state index contributed by atoms with van der Waals surface area (Å²) in [5, 5.41) is 1.16. The molecule has 0 radical (unpaired) electrons. The van der Waals surface area contributed by atoms with Crippen LogP contribution in [0.25, 0.3) is 10.9 Å². The van der Waals surface area contributed by atoms with Gasteiger partial charge in [0.25, 0.3) is 0 Å². The fourth-order valence-corrected chi connectivity index (χ4v) is 3.30. The number of amides is 1. The van der Waals surface area contributed by atoms with Gasteiger partial charge >= 0.3 is 0 Å². The third-order valence-corrected chi connectivity index (χ3v) is 4.81. The van der Waals surface area contributed by atoms with E-state index in [0.29, 0.717) is 6.42 Å². The molecule has 1 amide bonds. The van der Waals surface area contributed by atoms with Gasteiger partial charge in [0.2, 0.25) is 5.91 Å². The second-order valence-electron chi connectivity index (χ2n) is 6.91. The van der Waals surface area contributed by atoms with Crippen LogP contribution in [0.1, 0.15) is 57.9 Å². The molecule has 0 aliphatic heterocycles. The number of hydrogen-bond acceptors (Lipinski definition) is 2. The maximum atomic E-state index is 12.9. The number of halogens is 1. The highest BCUT2D eigenvalue weighted by Gasteiger charge is 2.21. The number of benzene rings is 1. The number of carbonyl (C=O) groups is 1. The van der Waals surface area contributed by atoms with E-state index in [2.05, 4.69) is 24.9 Å². The van der Waals surface area contributed by atoms with Crippen LogP contribution in [-0.2, 0) is 11.2 Å². The summed E-state index contributed by atoms with van der Waals surface area (Å²) >= 11 is 0. The first-order valence-electron chi connectivity index (χ1n) is 9.76. The van der Waals surface area contributed by atoms with Crippen molar-refractivity contribution in [2.24, 2.45) is 5.73 Å². The summed E-state index contributed by atoms with van der Waals surface area (Å²) in [6, 6.07) is 7.70. The van der Waals surface area contributed by atoms with Crippen molar-refractivity contribution in [2.75, 3.05) is 13.1 Å². The first kappa shape index (κ1) is 22.5. The number of unbranched alkanes of at least 4 members (excludes halogenated alkanes) is 4. The highest BCUT2D eigenvalue weighted by Crippen LogP contribution is 2.19. The number of para-hydroxylation sites is 1. The van der Waals surface area contributed by atoms with Crippen molar-refractivity contribution in [1.29, 1.82) is 0 Å². The summed E-state index contributed by atoms with van der Waals surface area (Å²) in [6.45, 7) is 6.04. The van der Waals surface area contributed by atoms with Gasteiger partial charge in [-0.25, -0.2) is 0 Å². The van der Waals surface area contributed by atoms with Gasteiger partial charge in [0.1, 0.15) is 0 Å². The molecule has 1 aromatic carbocycles. The van der Waals surface area contributed by atoms with Gasteiger partial charge in [0.15, 0.2) is 0 Å². The van der Waals surface area contributed by atoms with Gasteiger partial charge in [0.05, 0.1) is 6.04 Å². The SMILES string of the molecule is CCCCCN(CCCCC)C(=O)[C@@H](N)Cc1c[nH]c2ccccc12.Cl. The minimum Gasteiger partial charge on any atom is -0.361 e. The quantitative estimate of drug-likeness (QED) is 0.557. The Morgan fingerprint density at radius 3 is 2.31 bits per heavy atom. The van der Waals surface area contributed by atoms with E-state index in [-0.39, 0.29) is 18.3 Å². The predicted molar refractivity (Wildman–Crippen MR) is 113 cm³/mol. The Morgan fingerprint density at radius 2 is 1.69 bits per heavy atom. The molecule has 0 aliphatic rings. The van der Waals surface area contributed by atoms with Crippen LogP contribution in [0.2, 0.25) is 0 Å². The minimum atomic E-state index is -0.470. The fourth-order valence-electron chi connectivity index (χ4n) is 3.30. The molecule has 26 heavy (non-hydrogen) atoms. The number of aromatic nitrogens is 1. The molecule has 0 spiro atoms. The monoisotopic (exact) mass is 379 g/mol. The second kappa shape index (κ2) is 12.0. The van der Waals surface area contributed by atoms with Crippen molar-refractivity contribution in [3.63, 3.8) is 0 Å². The van der Waals surface area contributed by atoms with Crippen LogP contribution in [-0.4, -0.2) is 34.9 Å². The largest absolute Gasteiger partial charge is 0.361 e. The molecular formula is C21H34ClN3O. The van der Waals surface area contributed by atoms with Crippen molar-refractivity contribution in [1.82, 2.24) is 9.88 Å². The first-order chi connectivity index (χ1) is 12.2. The van der Waals surface area contributed by atoms with Crippen molar-refractivity contribution in [3.05, 3.63) is 36.0 Å². The zero-order valence-corrected chi connectivity index (χ0v) is 17.0. The molecule has 5 heteroatoms. The number of nitrogens with one attached hydrogen (secondary N) is 1. The number of nitrogens with two attached hydrogens (primary N) is 1. The molecule has 2 rings (SSSR count). The Balaban J connectivity index is 0.00000338. The van der Waals surface area contributed by atoms with Crippen LogP contribution >= 0.6 is 12.4 Å². The van der Waals surface area contributed by atoms with Crippen LogP contribution in [0.3, 0.4) is 0 Å². The van der Waals surface area contributed by atoms with Gasteiger partial charge in [0, 0.05) is 30.2 Å². The average Bonchev–Trinajstić information content (AvgIpc) is 3.03. The van der Waals surface area contributed by atoms with Crippen LogP contribution in [0, 0.1) is 0 Å². The summed E-state index contributed by atoms with van der Waals surface area (Å²) in [5.74, 6) is 0.0949. The normalized spacial score (nSPS) is 12.0. The first-order valence-corrected chi connectivity index (χ1v) is 9.76. The Kier molecular flexibility index (Phi) is 10.4. The minimum absolute atomic E-state index is 0. The third kappa shape index (κ3) is 6.33. The number of aromatic amines is 1. The Bertz CT molecular complexity index is 645. The highest BCUT2D eigenvalue weighted by atomic mass is 35.5. The molecule has 0 saturated heterocycles. The molecule has 146 valence electrons. The Hall–Kier alpha value is -1.52.